The number of carbonyl (C=O) groups excluding carboxylic acids is 1. The number of hydrogen-bond acceptors (Lipinski definition) is 4. The number of esters is 1. The molecule has 0 aliphatic carbocycles. The van der Waals surface area contributed by atoms with E-state index in [0.29, 0.717) is 0 Å². The molecule has 1 N–H and O–H groups in total. The van der Waals surface area contributed by atoms with Crippen LogP contribution in [0, 0.1) is 0 Å². The van der Waals surface area contributed by atoms with Crippen molar-refractivity contribution in [1.82, 2.24) is 5.32 Å². The molecule has 1 aromatic rings. The molecule has 0 amide bonds. The first kappa shape index (κ1) is 15.2. The van der Waals surface area contributed by atoms with Gasteiger partial charge in [0.2, 0.25) is 0 Å². The van der Waals surface area contributed by atoms with Crippen LogP contribution < -0.4 is 5.32 Å². The molecule has 0 saturated carbocycles. The quantitative estimate of drug-likeness (QED) is 0.734. The number of nitrogens with one attached hydrogen (secondary N) is 1. The van der Waals surface area contributed by atoms with Crippen molar-refractivity contribution in [3.63, 3.8) is 0 Å². The van der Waals surface area contributed by atoms with E-state index < -0.39 is 0 Å². The maximum absolute atomic E-state index is 11.8. The second kappa shape index (κ2) is 8.27. The SMILES string of the molecule is CCCCC(NC(CC)c1cccs1)C(=O)OC. The Morgan fingerprint density at radius 2 is 2.28 bits per heavy atom. The third-order valence-electron chi connectivity index (χ3n) is 3.03. The topological polar surface area (TPSA) is 38.3 Å². The van der Waals surface area contributed by atoms with Gasteiger partial charge in [-0.3, -0.25) is 10.1 Å². The van der Waals surface area contributed by atoms with Crippen LogP contribution in [0.2, 0.25) is 0 Å². The zero-order valence-electron chi connectivity index (χ0n) is 11.4. The first-order chi connectivity index (χ1) is 8.72. The molecule has 18 heavy (non-hydrogen) atoms. The number of carbonyl (C=O) groups is 1. The van der Waals surface area contributed by atoms with Gasteiger partial charge in [0.1, 0.15) is 6.04 Å². The number of methoxy groups -OCH3 is 1. The van der Waals surface area contributed by atoms with Gasteiger partial charge in [-0.05, 0) is 24.3 Å². The van der Waals surface area contributed by atoms with Gasteiger partial charge in [-0.15, -0.1) is 11.3 Å². The monoisotopic (exact) mass is 269 g/mol. The fourth-order valence-corrected chi connectivity index (χ4v) is 2.82. The van der Waals surface area contributed by atoms with Crippen LogP contribution in [0.25, 0.3) is 0 Å². The van der Waals surface area contributed by atoms with Crippen LogP contribution in [0.5, 0.6) is 0 Å². The normalized spacial score (nSPS) is 14.2. The fourth-order valence-electron chi connectivity index (χ4n) is 1.95. The smallest absolute Gasteiger partial charge is 0.322 e. The van der Waals surface area contributed by atoms with Gasteiger partial charge >= 0.3 is 5.97 Å². The Bertz CT molecular complexity index is 338. The summed E-state index contributed by atoms with van der Waals surface area (Å²) in [6.45, 7) is 4.26. The predicted molar refractivity (Wildman–Crippen MR) is 75.8 cm³/mol. The Labute approximate surface area is 114 Å². The molecule has 3 nitrogen and oxygen atoms in total. The van der Waals surface area contributed by atoms with Gasteiger partial charge in [0.15, 0.2) is 0 Å². The van der Waals surface area contributed by atoms with Crippen molar-refractivity contribution in [2.75, 3.05) is 7.11 Å². The molecule has 0 aliphatic heterocycles. The van der Waals surface area contributed by atoms with Crippen LogP contribution >= 0.6 is 11.3 Å². The maximum atomic E-state index is 11.8. The van der Waals surface area contributed by atoms with Crippen molar-refractivity contribution >= 4 is 17.3 Å². The molecular formula is C14H23NO2S. The summed E-state index contributed by atoms with van der Waals surface area (Å²) < 4.78 is 4.87. The standard InChI is InChI=1S/C14H23NO2S/c1-4-6-8-12(14(16)17-3)15-11(5-2)13-9-7-10-18-13/h7,9-12,15H,4-6,8H2,1-3H3. The molecule has 102 valence electrons. The van der Waals surface area contributed by atoms with E-state index in [1.165, 1.54) is 12.0 Å². The van der Waals surface area contributed by atoms with Crippen LogP contribution in [-0.4, -0.2) is 19.1 Å². The number of thiophene rings is 1. The third kappa shape index (κ3) is 4.42. The molecule has 0 saturated heterocycles. The van der Waals surface area contributed by atoms with Gasteiger partial charge in [-0.25, -0.2) is 0 Å². The Morgan fingerprint density at radius 3 is 2.78 bits per heavy atom. The summed E-state index contributed by atoms with van der Waals surface area (Å²) in [6.07, 6.45) is 3.93. The largest absolute Gasteiger partial charge is 0.468 e. The van der Waals surface area contributed by atoms with Crippen molar-refractivity contribution in [1.29, 1.82) is 0 Å². The summed E-state index contributed by atoms with van der Waals surface area (Å²) in [5.41, 5.74) is 0. The third-order valence-corrected chi connectivity index (χ3v) is 4.02. The van der Waals surface area contributed by atoms with Crippen molar-refractivity contribution in [3.8, 4) is 0 Å². The van der Waals surface area contributed by atoms with Crippen molar-refractivity contribution in [2.24, 2.45) is 0 Å². The lowest BCUT2D eigenvalue weighted by Crippen LogP contribution is -2.39. The van der Waals surface area contributed by atoms with Crippen LogP contribution in [0.1, 0.15) is 50.4 Å². The van der Waals surface area contributed by atoms with Gasteiger partial charge in [-0.1, -0.05) is 32.8 Å². The van der Waals surface area contributed by atoms with Crippen molar-refractivity contribution < 1.29 is 9.53 Å². The molecule has 2 unspecified atom stereocenters. The Balaban J connectivity index is 2.65. The molecule has 0 bridgehead atoms. The second-order valence-electron chi connectivity index (χ2n) is 4.36. The zero-order valence-corrected chi connectivity index (χ0v) is 12.3. The van der Waals surface area contributed by atoms with Gasteiger partial charge in [-0.2, -0.15) is 0 Å². The Morgan fingerprint density at radius 1 is 1.50 bits per heavy atom. The average molecular weight is 269 g/mol. The minimum absolute atomic E-state index is 0.154. The second-order valence-corrected chi connectivity index (χ2v) is 5.34. The van der Waals surface area contributed by atoms with E-state index in [1.807, 2.05) is 6.07 Å². The van der Waals surface area contributed by atoms with E-state index in [2.05, 4.69) is 30.6 Å². The van der Waals surface area contributed by atoms with Gasteiger partial charge < -0.3 is 4.74 Å². The van der Waals surface area contributed by atoms with Gasteiger partial charge in [0.25, 0.3) is 0 Å². The summed E-state index contributed by atoms with van der Waals surface area (Å²) in [4.78, 5) is 13.0. The minimum atomic E-state index is -0.193. The number of hydrogen-bond donors (Lipinski definition) is 1. The van der Waals surface area contributed by atoms with Crippen LogP contribution in [0.3, 0.4) is 0 Å². The van der Waals surface area contributed by atoms with E-state index in [-0.39, 0.29) is 18.1 Å². The molecule has 1 aromatic heterocycles. The number of ether oxygens (including phenoxy) is 1. The lowest BCUT2D eigenvalue weighted by Gasteiger charge is -2.22. The molecular weight excluding hydrogens is 246 g/mol. The molecule has 0 aromatic carbocycles. The predicted octanol–water partition coefficient (Wildman–Crippen LogP) is 3.52. The Hall–Kier alpha value is -0.870. The average Bonchev–Trinajstić information content (AvgIpc) is 2.92. The van der Waals surface area contributed by atoms with E-state index in [4.69, 9.17) is 4.74 Å². The van der Waals surface area contributed by atoms with Crippen LogP contribution in [0.4, 0.5) is 0 Å². The van der Waals surface area contributed by atoms with E-state index in [9.17, 15) is 4.79 Å². The molecule has 1 heterocycles. The molecule has 0 radical (unpaired) electrons. The number of unbranched alkanes of at least 4 members (excludes halogenated alkanes) is 1. The molecule has 1 rings (SSSR count). The minimum Gasteiger partial charge on any atom is -0.468 e. The lowest BCUT2D eigenvalue weighted by atomic mass is 10.1. The molecule has 0 spiro atoms. The molecule has 0 fully saturated rings. The molecule has 4 heteroatoms. The van der Waals surface area contributed by atoms with E-state index in [0.717, 1.165) is 25.7 Å². The summed E-state index contributed by atoms with van der Waals surface area (Å²) in [5.74, 6) is -0.154. The summed E-state index contributed by atoms with van der Waals surface area (Å²) in [6, 6.07) is 4.21. The highest BCUT2D eigenvalue weighted by molar-refractivity contribution is 7.10. The summed E-state index contributed by atoms with van der Waals surface area (Å²) >= 11 is 1.73. The van der Waals surface area contributed by atoms with Crippen LogP contribution in [-0.2, 0) is 9.53 Å². The van der Waals surface area contributed by atoms with E-state index in [1.54, 1.807) is 11.3 Å². The first-order valence-corrected chi connectivity index (χ1v) is 7.48. The highest BCUT2D eigenvalue weighted by atomic mass is 32.1. The van der Waals surface area contributed by atoms with Gasteiger partial charge in [0, 0.05) is 10.9 Å². The highest BCUT2D eigenvalue weighted by Gasteiger charge is 2.22. The number of rotatable bonds is 8. The lowest BCUT2D eigenvalue weighted by molar-refractivity contribution is -0.143. The van der Waals surface area contributed by atoms with Gasteiger partial charge in [0.05, 0.1) is 7.11 Å². The summed E-state index contributed by atoms with van der Waals surface area (Å²) in [7, 11) is 1.45. The Kier molecular flexibility index (Phi) is 6.98. The van der Waals surface area contributed by atoms with Crippen LogP contribution in [0.15, 0.2) is 17.5 Å². The molecule has 2 atom stereocenters. The highest BCUT2D eigenvalue weighted by Crippen LogP contribution is 2.23. The van der Waals surface area contributed by atoms with E-state index >= 15 is 0 Å². The first-order valence-electron chi connectivity index (χ1n) is 6.60. The van der Waals surface area contributed by atoms with Crippen molar-refractivity contribution in [3.05, 3.63) is 22.4 Å². The molecule has 0 aliphatic rings. The zero-order chi connectivity index (χ0) is 13.4. The maximum Gasteiger partial charge on any atom is 0.322 e. The fraction of sp³-hybridized carbons (Fsp3) is 0.643. The summed E-state index contributed by atoms with van der Waals surface area (Å²) in [5, 5.41) is 5.50. The van der Waals surface area contributed by atoms with Crippen molar-refractivity contribution in [2.45, 2.75) is 51.6 Å².